The summed E-state index contributed by atoms with van der Waals surface area (Å²) in [7, 11) is 1.65. The summed E-state index contributed by atoms with van der Waals surface area (Å²) in [6.45, 7) is 2.43. The van der Waals surface area contributed by atoms with Crippen molar-refractivity contribution in [2.75, 3.05) is 19.0 Å². The molecule has 1 aromatic heterocycles. The number of carboxylic acid groups (broad SMARTS) is 1. The Morgan fingerprint density at radius 3 is 2.85 bits per heavy atom. The lowest BCUT2D eigenvalue weighted by Crippen LogP contribution is -2.06. The van der Waals surface area contributed by atoms with Crippen molar-refractivity contribution in [1.82, 2.24) is 4.98 Å². The van der Waals surface area contributed by atoms with Gasteiger partial charge >= 0.3 is 5.97 Å². The smallest absolute Gasteiger partial charge is 0.355 e. The van der Waals surface area contributed by atoms with E-state index in [-0.39, 0.29) is 5.69 Å². The SMILES string of the molecule is COc1ccccc1CCNc1nc(C(=O)O)c(C)s1. The average molecular weight is 292 g/mol. The van der Waals surface area contributed by atoms with Gasteiger partial charge in [0.1, 0.15) is 5.75 Å². The monoisotopic (exact) mass is 292 g/mol. The molecule has 2 aromatic rings. The molecule has 0 aliphatic heterocycles. The fourth-order valence-electron chi connectivity index (χ4n) is 1.88. The molecule has 0 spiro atoms. The Hall–Kier alpha value is -2.08. The molecule has 6 heteroatoms. The van der Waals surface area contributed by atoms with E-state index in [1.54, 1.807) is 14.0 Å². The Kier molecular flexibility index (Phi) is 4.57. The molecule has 1 aromatic carbocycles. The van der Waals surface area contributed by atoms with Gasteiger partial charge in [-0.1, -0.05) is 18.2 Å². The third-order valence-corrected chi connectivity index (χ3v) is 3.79. The van der Waals surface area contributed by atoms with Crippen molar-refractivity contribution in [3.05, 3.63) is 40.4 Å². The fraction of sp³-hybridized carbons (Fsp3) is 0.286. The number of rotatable bonds is 6. The number of ether oxygens (including phenoxy) is 1. The molecule has 2 rings (SSSR count). The quantitative estimate of drug-likeness (QED) is 0.856. The number of hydrogen-bond acceptors (Lipinski definition) is 5. The summed E-state index contributed by atoms with van der Waals surface area (Å²) in [5, 5.41) is 12.7. The van der Waals surface area contributed by atoms with E-state index in [2.05, 4.69) is 10.3 Å². The van der Waals surface area contributed by atoms with E-state index in [9.17, 15) is 4.79 Å². The maximum absolute atomic E-state index is 10.9. The molecule has 1 heterocycles. The number of aromatic nitrogens is 1. The van der Waals surface area contributed by atoms with Crippen LogP contribution in [-0.2, 0) is 6.42 Å². The van der Waals surface area contributed by atoms with Crippen molar-refractivity contribution in [2.24, 2.45) is 0 Å². The number of aryl methyl sites for hydroxylation is 1. The summed E-state index contributed by atoms with van der Waals surface area (Å²) in [6.07, 6.45) is 0.783. The van der Waals surface area contributed by atoms with Gasteiger partial charge in [0.2, 0.25) is 0 Å². The number of anilines is 1. The van der Waals surface area contributed by atoms with E-state index < -0.39 is 5.97 Å². The molecule has 2 N–H and O–H groups in total. The van der Waals surface area contributed by atoms with Gasteiger partial charge in [-0.05, 0) is 25.0 Å². The van der Waals surface area contributed by atoms with Crippen molar-refractivity contribution >= 4 is 22.4 Å². The molecule has 0 aliphatic rings. The Morgan fingerprint density at radius 2 is 2.20 bits per heavy atom. The van der Waals surface area contributed by atoms with Crippen LogP contribution >= 0.6 is 11.3 Å². The highest BCUT2D eigenvalue weighted by Crippen LogP contribution is 2.22. The third-order valence-electron chi connectivity index (χ3n) is 2.86. The molecule has 5 nitrogen and oxygen atoms in total. The maximum atomic E-state index is 10.9. The van der Waals surface area contributed by atoms with Crippen molar-refractivity contribution in [3.63, 3.8) is 0 Å². The number of carboxylic acids is 1. The summed E-state index contributed by atoms with van der Waals surface area (Å²) >= 11 is 1.35. The molecule has 20 heavy (non-hydrogen) atoms. The van der Waals surface area contributed by atoms with E-state index >= 15 is 0 Å². The van der Waals surface area contributed by atoms with Gasteiger partial charge in [0.15, 0.2) is 10.8 Å². The number of thiazole rings is 1. The lowest BCUT2D eigenvalue weighted by molar-refractivity contribution is 0.0690. The van der Waals surface area contributed by atoms with Crippen molar-refractivity contribution in [3.8, 4) is 5.75 Å². The predicted molar refractivity (Wildman–Crippen MR) is 79.0 cm³/mol. The minimum Gasteiger partial charge on any atom is -0.496 e. The number of methoxy groups -OCH3 is 1. The van der Waals surface area contributed by atoms with Crippen LogP contribution < -0.4 is 10.1 Å². The van der Waals surface area contributed by atoms with Crippen molar-refractivity contribution < 1.29 is 14.6 Å². The van der Waals surface area contributed by atoms with Gasteiger partial charge in [-0.25, -0.2) is 9.78 Å². The first-order valence-electron chi connectivity index (χ1n) is 6.18. The van der Waals surface area contributed by atoms with E-state index in [1.807, 2.05) is 24.3 Å². The summed E-state index contributed by atoms with van der Waals surface area (Å²) in [5.41, 5.74) is 1.23. The zero-order chi connectivity index (χ0) is 14.5. The zero-order valence-electron chi connectivity index (χ0n) is 11.3. The summed E-state index contributed by atoms with van der Waals surface area (Å²) in [5.74, 6) is -0.132. The van der Waals surface area contributed by atoms with Gasteiger partial charge in [-0.15, -0.1) is 11.3 Å². The Balaban J connectivity index is 1.96. The topological polar surface area (TPSA) is 71.5 Å². The van der Waals surface area contributed by atoms with E-state index in [4.69, 9.17) is 9.84 Å². The first-order valence-corrected chi connectivity index (χ1v) is 7.00. The molecule has 0 saturated heterocycles. The fourth-order valence-corrected chi connectivity index (χ4v) is 2.71. The molecule has 0 atom stereocenters. The van der Waals surface area contributed by atoms with E-state index in [1.165, 1.54) is 11.3 Å². The predicted octanol–water partition coefficient (Wildman–Crippen LogP) is 2.81. The number of carbonyl (C=O) groups is 1. The third kappa shape index (κ3) is 3.27. The highest BCUT2D eigenvalue weighted by atomic mass is 32.1. The molecular formula is C14H16N2O3S. The van der Waals surface area contributed by atoms with Gasteiger partial charge in [-0.2, -0.15) is 0 Å². The molecule has 0 unspecified atom stereocenters. The zero-order valence-corrected chi connectivity index (χ0v) is 12.2. The lowest BCUT2D eigenvalue weighted by Gasteiger charge is -2.08. The van der Waals surface area contributed by atoms with Crippen LogP contribution in [0.15, 0.2) is 24.3 Å². The molecule has 0 aliphatic carbocycles. The minimum absolute atomic E-state index is 0.120. The van der Waals surface area contributed by atoms with E-state index in [0.29, 0.717) is 16.6 Å². The van der Waals surface area contributed by atoms with Gasteiger partial charge < -0.3 is 15.2 Å². The minimum atomic E-state index is -0.989. The van der Waals surface area contributed by atoms with Crippen LogP contribution in [0.1, 0.15) is 20.9 Å². The van der Waals surface area contributed by atoms with Crippen molar-refractivity contribution in [2.45, 2.75) is 13.3 Å². The molecule has 0 bridgehead atoms. The van der Waals surface area contributed by atoms with E-state index in [0.717, 1.165) is 17.7 Å². The van der Waals surface area contributed by atoms with Crippen LogP contribution in [0.5, 0.6) is 5.75 Å². The van der Waals surface area contributed by atoms with Gasteiger partial charge in [0, 0.05) is 11.4 Å². The molecule has 0 amide bonds. The number of nitrogens with one attached hydrogen (secondary N) is 1. The van der Waals surface area contributed by atoms with Crippen molar-refractivity contribution in [1.29, 1.82) is 0 Å². The molecular weight excluding hydrogens is 276 g/mol. The lowest BCUT2D eigenvalue weighted by atomic mass is 10.1. The van der Waals surface area contributed by atoms with Crippen LogP contribution in [0, 0.1) is 6.92 Å². The van der Waals surface area contributed by atoms with Gasteiger partial charge in [0.05, 0.1) is 7.11 Å². The van der Waals surface area contributed by atoms with Crippen LogP contribution in [0.2, 0.25) is 0 Å². The standard InChI is InChI=1S/C14H16N2O3S/c1-9-12(13(17)18)16-14(20-9)15-8-7-10-5-3-4-6-11(10)19-2/h3-6H,7-8H2,1-2H3,(H,15,16)(H,17,18). The first-order chi connectivity index (χ1) is 9.61. The number of hydrogen-bond donors (Lipinski definition) is 2. The number of aromatic carboxylic acids is 1. The van der Waals surface area contributed by atoms with Crippen LogP contribution in [0.3, 0.4) is 0 Å². The van der Waals surface area contributed by atoms with Crippen LogP contribution in [0.4, 0.5) is 5.13 Å². The number of nitrogens with zero attached hydrogens (tertiary/aromatic N) is 1. The maximum Gasteiger partial charge on any atom is 0.355 e. The molecule has 0 radical (unpaired) electrons. The highest BCUT2D eigenvalue weighted by molar-refractivity contribution is 7.15. The summed E-state index contributed by atoms with van der Waals surface area (Å²) in [6, 6.07) is 7.83. The molecule has 0 fully saturated rings. The van der Waals surface area contributed by atoms with Crippen LogP contribution in [-0.4, -0.2) is 29.7 Å². The summed E-state index contributed by atoms with van der Waals surface area (Å²) < 4.78 is 5.28. The number of benzene rings is 1. The van der Waals surface area contributed by atoms with Gasteiger partial charge in [-0.3, -0.25) is 0 Å². The Labute approximate surface area is 121 Å². The second-order valence-corrected chi connectivity index (χ2v) is 5.42. The Morgan fingerprint density at radius 1 is 1.45 bits per heavy atom. The Bertz CT molecular complexity index is 610. The van der Waals surface area contributed by atoms with Crippen LogP contribution in [0.25, 0.3) is 0 Å². The molecule has 0 saturated carbocycles. The normalized spacial score (nSPS) is 10.3. The first kappa shape index (κ1) is 14.3. The average Bonchev–Trinajstić information content (AvgIpc) is 2.80. The number of para-hydroxylation sites is 1. The summed E-state index contributed by atoms with van der Waals surface area (Å²) in [4.78, 5) is 15.7. The van der Waals surface area contributed by atoms with Gasteiger partial charge in [0.25, 0.3) is 0 Å². The second kappa shape index (κ2) is 6.38. The highest BCUT2D eigenvalue weighted by Gasteiger charge is 2.13. The largest absolute Gasteiger partial charge is 0.496 e. The second-order valence-electron chi connectivity index (χ2n) is 4.22. The molecule has 106 valence electrons.